The number of fused-ring (bicyclic) bond motifs is 1. The minimum Gasteiger partial charge on any atom is -0.350 e. The highest BCUT2D eigenvalue weighted by Crippen LogP contribution is 2.15. The number of benzene rings is 1. The highest BCUT2D eigenvalue weighted by molar-refractivity contribution is 5.97. The summed E-state index contributed by atoms with van der Waals surface area (Å²) in [5, 5.41) is 3.04. The molecule has 2 N–H and O–H groups in total. The van der Waals surface area contributed by atoms with Gasteiger partial charge in [0, 0.05) is 18.2 Å². The summed E-state index contributed by atoms with van der Waals surface area (Å²) in [7, 11) is 2.13. The third-order valence-corrected chi connectivity index (χ3v) is 4.10. The largest absolute Gasteiger partial charge is 0.350 e. The van der Waals surface area contributed by atoms with E-state index < -0.39 is 0 Å². The molecular weight excluding hydrogens is 252 g/mol. The van der Waals surface area contributed by atoms with E-state index in [1.807, 2.05) is 18.2 Å². The Hall–Kier alpha value is -1.88. The number of likely N-dealkylation sites (N-methyl/N-ethyl adjacent to an activating group) is 1. The summed E-state index contributed by atoms with van der Waals surface area (Å²) >= 11 is 0. The minimum absolute atomic E-state index is 0.0135. The molecule has 5 heteroatoms. The van der Waals surface area contributed by atoms with Gasteiger partial charge in [-0.3, -0.25) is 4.79 Å². The van der Waals surface area contributed by atoms with E-state index in [0.29, 0.717) is 11.6 Å². The fourth-order valence-electron chi connectivity index (χ4n) is 2.79. The summed E-state index contributed by atoms with van der Waals surface area (Å²) in [6.07, 6.45) is 5.32. The molecule has 1 aromatic carbocycles. The maximum absolute atomic E-state index is 12.2. The lowest BCUT2D eigenvalue weighted by molar-refractivity contribution is 0.0928. The SMILES string of the molecule is CN1CCCCC1CNC(=O)c1ccc2nc[nH]c2c1. The van der Waals surface area contributed by atoms with Crippen LogP contribution in [0.1, 0.15) is 29.6 Å². The van der Waals surface area contributed by atoms with Gasteiger partial charge in [0.1, 0.15) is 0 Å². The Morgan fingerprint density at radius 3 is 3.25 bits per heavy atom. The van der Waals surface area contributed by atoms with Crippen molar-refractivity contribution in [1.29, 1.82) is 0 Å². The van der Waals surface area contributed by atoms with Crippen molar-refractivity contribution in [2.75, 3.05) is 20.1 Å². The number of amides is 1. The molecule has 0 spiro atoms. The van der Waals surface area contributed by atoms with Gasteiger partial charge >= 0.3 is 0 Å². The number of nitrogens with zero attached hydrogens (tertiary/aromatic N) is 2. The van der Waals surface area contributed by atoms with E-state index in [4.69, 9.17) is 0 Å². The number of imidazole rings is 1. The first-order chi connectivity index (χ1) is 9.74. The monoisotopic (exact) mass is 272 g/mol. The minimum atomic E-state index is -0.0135. The Balaban J connectivity index is 1.63. The number of piperidine rings is 1. The van der Waals surface area contributed by atoms with E-state index >= 15 is 0 Å². The van der Waals surface area contributed by atoms with Gasteiger partial charge in [0.25, 0.3) is 5.91 Å². The summed E-state index contributed by atoms with van der Waals surface area (Å²) in [6.45, 7) is 1.84. The lowest BCUT2D eigenvalue weighted by atomic mass is 10.0. The van der Waals surface area contributed by atoms with Crippen LogP contribution in [0.4, 0.5) is 0 Å². The van der Waals surface area contributed by atoms with Crippen molar-refractivity contribution in [3.8, 4) is 0 Å². The molecule has 1 aromatic heterocycles. The van der Waals surface area contributed by atoms with Crippen LogP contribution < -0.4 is 5.32 Å². The number of aromatic nitrogens is 2. The van der Waals surface area contributed by atoms with Crippen molar-refractivity contribution in [2.24, 2.45) is 0 Å². The summed E-state index contributed by atoms with van der Waals surface area (Å²) in [5.74, 6) is -0.0135. The number of H-pyrrole nitrogens is 1. The van der Waals surface area contributed by atoms with E-state index in [0.717, 1.165) is 30.5 Å². The lowest BCUT2D eigenvalue weighted by Crippen LogP contribution is -2.44. The van der Waals surface area contributed by atoms with Crippen LogP contribution in [-0.4, -0.2) is 47.0 Å². The summed E-state index contributed by atoms with van der Waals surface area (Å²) in [5.41, 5.74) is 2.46. The van der Waals surface area contributed by atoms with Crippen LogP contribution >= 0.6 is 0 Å². The number of carbonyl (C=O) groups is 1. The van der Waals surface area contributed by atoms with Crippen molar-refractivity contribution in [3.05, 3.63) is 30.1 Å². The van der Waals surface area contributed by atoms with E-state index in [2.05, 4.69) is 27.2 Å². The first kappa shape index (κ1) is 13.1. The predicted molar refractivity (Wildman–Crippen MR) is 78.7 cm³/mol. The Morgan fingerprint density at radius 1 is 1.50 bits per heavy atom. The smallest absolute Gasteiger partial charge is 0.251 e. The highest BCUT2D eigenvalue weighted by Gasteiger charge is 2.19. The maximum Gasteiger partial charge on any atom is 0.251 e. The van der Waals surface area contributed by atoms with Gasteiger partial charge in [-0.1, -0.05) is 6.42 Å². The summed E-state index contributed by atoms with van der Waals surface area (Å²) in [4.78, 5) is 21.7. The molecule has 1 atom stereocenters. The summed E-state index contributed by atoms with van der Waals surface area (Å²) < 4.78 is 0. The van der Waals surface area contributed by atoms with Crippen LogP contribution in [0.2, 0.25) is 0 Å². The topological polar surface area (TPSA) is 61.0 Å². The second kappa shape index (κ2) is 5.63. The Labute approximate surface area is 118 Å². The number of hydrogen-bond acceptors (Lipinski definition) is 3. The molecule has 1 amide bonds. The molecule has 0 bridgehead atoms. The predicted octanol–water partition coefficient (Wildman–Crippen LogP) is 1.78. The van der Waals surface area contributed by atoms with Gasteiger partial charge in [-0.2, -0.15) is 0 Å². The maximum atomic E-state index is 12.2. The van der Waals surface area contributed by atoms with Gasteiger partial charge in [0.05, 0.1) is 17.4 Å². The number of likely N-dealkylation sites (tertiary alicyclic amines) is 1. The molecule has 1 aliphatic heterocycles. The molecule has 2 heterocycles. The first-order valence-electron chi connectivity index (χ1n) is 7.15. The van der Waals surface area contributed by atoms with Crippen molar-refractivity contribution in [1.82, 2.24) is 20.2 Å². The standard InChI is InChI=1S/C15H20N4O/c1-19-7-3-2-4-12(19)9-16-15(20)11-5-6-13-14(8-11)18-10-17-13/h5-6,8,10,12H,2-4,7,9H2,1H3,(H,16,20)(H,17,18). The number of carbonyl (C=O) groups excluding carboxylic acids is 1. The highest BCUT2D eigenvalue weighted by atomic mass is 16.1. The van der Waals surface area contributed by atoms with Crippen LogP contribution in [0.15, 0.2) is 24.5 Å². The first-order valence-corrected chi connectivity index (χ1v) is 7.15. The van der Waals surface area contributed by atoms with E-state index in [-0.39, 0.29) is 5.91 Å². The van der Waals surface area contributed by atoms with Crippen LogP contribution in [0.5, 0.6) is 0 Å². The zero-order valence-corrected chi connectivity index (χ0v) is 11.7. The molecular formula is C15H20N4O. The molecule has 20 heavy (non-hydrogen) atoms. The molecule has 0 saturated carbocycles. The van der Waals surface area contributed by atoms with Crippen LogP contribution in [0.25, 0.3) is 11.0 Å². The third kappa shape index (κ3) is 2.67. The van der Waals surface area contributed by atoms with Crippen molar-refractivity contribution < 1.29 is 4.79 Å². The van der Waals surface area contributed by atoms with E-state index in [1.54, 1.807) is 6.33 Å². The normalized spacial score (nSPS) is 20.1. The average molecular weight is 272 g/mol. The molecule has 1 saturated heterocycles. The van der Waals surface area contributed by atoms with Gasteiger partial charge in [0.2, 0.25) is 0 Å². The second-order valence-corrected chi connectivity index (χ2v) is 5.47. The number of rotatable bonds is 3. The van der Waals surface area contributed by atoms with Gasteiger partial charge in [0.15, 0.2) is 0 Å². The molecule has 1 fully saturated rings. The van der Waals surface area contributed by atoms with Gasteiger partial charge in [-0.15, -0.1) is 0 Å². The molecule has 1 aliphatic rings. The van der Waals surface area contributed by atoms with Gasteiger partial charge in [-0.05, 0) is 44.6 Å². The molecule has 2 aromatic rings. The average Bonchev–Trinajstić information content (AvgIpc) is 2.93. The Morgan fingerprint density at radius 2 is 2.40 bits per heavy atom. The van der Waals surface area contributed by atoms with Gasteiger partial charge in [-0.25, -0.2) is 4.98 Å². The lowest BCUT2D eigenvalue weighted by Gasteiger charge is -2.32. The molecule has 0 aliphatic carbocycles. The van der Waals surface area contributed by atoms with Crippen molar-refractivity contribution in [2.45, 2.75) is 25.3 Å². The van der Waals surface area contributed by atoms with Crippen LogP contribution in [0.3, 0.4) is 0 Å². The number of nitrogens with one attached hydrogen (secondary N) is 2. The molecule has 1 unspecified atom stereocenters. The molecule has 5 nitrogen and oxygen atoms in total. The number of hydrogen-bond donors (Lipinski definition) is 2. The molecule has 3 rings (SSSR count). The zero-order valence-electron chi connectivity index (χ0n) is 11.7. The fourth-order valence-corrected chi connectivity index (χ4v) is 2.79. The Bertz CT molecular complexity index is 607. The van der Waals surface area contributed by atoms with Crippen LogP contribution in [-0.2, 0) is 0 Å². The molecule has 0 radical (unpaired) electrons. The quantitative estimate of drug-likeness (QED) is 0.895. The van der Waals surface area contributed by atoms with Crippen molar-refractivity contribution >= 4 is 16.9 Å². The fraction of sp³-hybridized carbons (Fsp3) is 0.467. The number of aromatic amines is 1. The molecule has 106 valence electrons. The van der Waals surface area contributed by atoms with E-state index in [1.165, 1.54) is 12.8 Å². The summed E-state index contributed by atoms with van der Waals surface area (Å²) in [6, 6.07) is 6.00. The Kier molecular flexibility index (Phi) is 3.69. The zero-order chi connectivity index (χ0) is 13.9. The van der Waals surface area contributed by atoms with Crippen molar-refractivity contribution in [3.63, 3.8) is 0 Å². The second-order valence-electron chi connectivity index (χ2n) is 5.47. The van der Waals surface area contributed by atoms with Crippen LogP contribution in [0, 0.1) is 0 Å². The van der Waals surface area contributed by atoms with E-state index in [9.17, 15) is 4.79 Å². The third-order valence-electron chi connectivity index (χ3n) is 4.10. The van der Waals surface area contributed by atoms with Gasteiger partial charge < -0.3 is 15.2 Å².